The number of carbonyl (C=O) groups is 2. The number of carbonyl (C=O) groups excluding carboxylic acids is 1. The van der Waals surface area contributed by atoms with Crippen LogP contribution in [0.1, 0.15) is 79.7 Å². The molecule has 2 saturated heterocycles. The SMILES string of the molecule is C[C@@H](NC(=O)[C@@]1(C2CC2)CC[C@@H](N2CCC(c3ccc(F)c(CC(=O)O)c3)CC2)CO1)c1cc(F)cc(C(F)(F)F)c1. The van der Waals surface area contributed by atoms with E-state index in [2.05, 4.69) is 10.2 Å². The fraction of sp³-hybridized carbons (Fsp3) is 0.548. The quantitative estimate of drug-likeness (QED) is 0.367. The summed E-state index contributed by atoms with van der Waals surface area (Å²) in [6.45, 7) is 3.45. The van der Waals surface area contributed by atoms with Crippen LogP contribution in [0.5, 0.6) is 0 Å². The van der Waals surface area contributed by atoms with Crippen LogP contribution in [0.2, 0.25) is 0 Å². The Bertz CT molecular complexity index is 1310. The zero-order valence-corrected chi connectivity index (χ0v) is 23.4. The van der Waals surface area contributed by atoms with Gasteiger partial charge in [-0.2, -0.15) is 13.2 Å². The highest BCUT2D eigenvalue weighted by molar-refractivity contribution is 5.86. The lowest BCUT2D eigenvalue weighted by Crippen LogP contribution is -2.57. The molecule has 2 aliphatic heterocycles. The third kappa shape index (κ3) is 6.62. The molecule has 1 amide bonds. The van der Waals surface area contributed by atoms with Gasteiger partial charge in [-0.25, -0.2) is 8.78 Å². The van der Waals surface area contributed by atoms with E-state index in [0.29, 0.717) is 19.1 Å². The second-order valence-corrected chi connectivity index (χ2v) is 11.9. The van der Waals surface area contributed by atoms with Crippen LogP contribution in [0.3, 0.4) is 0 Å². The predicted molar refractivity (Wildman–Crippen MR) is 144 cm³/mol. The zero-order valence-electron chi connectivity index (χ0n) is 23.4. The van der Waals surface area contributed by atoms with Crippen LogP contribution in [0.4, 0.5) is 22.0 Å². The van der Waals surface area contributed by atoms with E-state index >= 15 is 0 Å². The Morgan fingerprint density at radius 2 is 1.79 bits per heavy atom. The van der Waals surface area contributed by atoms with E-state index in [-0.39, 0.29) is 41.3 Å². The van der Waals surface area contributed by atoms with E-state index in [1.54, 1.807) is 12.1 Å². The summed E-state index contributed by atoms with van der Waals surface area (Å²) in [5.41, 5.74) is -1.000. The summed E-state index contributed by atoms with van der Waals surface area (Å²) < 4.78 is 73.9. The third-order valence-electron chi connectivity index (χ3n) is 9.03. The van der Waals surface area contributed by atoms with Gasteiger partial charge in [-0.05, 0) is 111 Å². The van der Waals surface area contributed by atoms with Gasteiger partial charge in [0.15, 0.2) is 0 Å². The van der Waals surface area contributed by atoms with E-state index in [9.17, 15) is 31.5 Å². The van der Waals surface area contributed by atoms with Crippen LogP contribution < -0.4 is 5.32 Å². The molecule has 0 unspecified atom stereocenters. The molecule has 3 aliphatic rings. The first kappa shape index (κ1) is 30.4. The molecule has 3 fully saturated rings. The van der Waals surface area contributed by atoms with Crippen LogP contribution in [-0.4, -0.2) is 53.2 Å². The number of rotatable bonds is 8. The number of benzene rings is 2. The largest absolute Gasteiger partial charge is 0.481 e. The molecule has 3 atom stereocenters. The van der Waals surface area contributed by atoms with E-state index < -0.39 is 41.0 Å². The number of nitrogens with one attached hydrogen (secondary N) is 1. The smallest absolute Gasteiger partial charge is 0.416 e. The topological polar surface area (TPSA) is 78.9 Å². The molecule has 2 aromatic rings. The van der Waals surface area contributed by atoms with Crippen molar-refractivity contribution in [1.82, 2.24) is 10.2 Å². The van der Waals surface area contributed by atoms with Gasteiger partial charge in [0.2, 0.25) is 0 Å². The Labute approximate surface area is 241 Å². The molecule has 0 spiro atoms. The molecule has 0 radical (unpaired) electrons. The van der Waals surface area contributed by atoms with E-state index in [1.807, 2.05) is 0 Å². The summed E-state index contributed by atoms with van der Waals surface area (Å²) in [4.78, 5) is 26.9. The number of carboxylic acids is 1. The summed E-state index contributed by atoms with van der Waals surface area (Å²) in [6, 6.07) is 6.29. The molecular weight excluding hydrogens is 559 g/mol. The van der Waals surface area contributed by atoms with Crippen molar-refractivity contribution in [2.24, 2.45) is 5.92 Å². The molecule has 0 aromatic heterocycles. The molecule has 1 saturated carbocycles. The van der Waals surface area contributed by atoms with Crippen molar-refractivity contribution in [1.29, 1.82) is 0 Å². The molecule has 2 N–H and O–H groups in total. The molecule has 42 heavy (non-hydrogen) atoms. The van der Waals surface area contributed by atoms with Crippen LogP contribution in [0.25, 0.3) is 0 Å². The molecule has 2 heterocycles. The van der Waals surface area contributed by atoms with Crippen molar-refractivity contribution in [2.75, 3.05) is 19.7 Å². The average Bonchev–Trinajstić information content (AvgIpc) is 3.79. The summed E-state index contributed by atoms with van der Waals surface area (Å²) in [6.07, 6.45) is -0.538. The number of amides is 1. The molecule has 0 bridgehead atoms. The highest BCUT2D eigenvalue weighted by atomic mass is 19.4. The van der Waals surface area contributed by atoms with Crippen molar-refractivity contribution >= 4 is 11.9 Å². The zero-order chi connectivity index (χ0) is 30.2. The number of aliphatic carboxylic acids is 1. The van der Waals surface area contributed by atoms with Gasteiger partial charge in [0.25, 0.3) is 5.91 Å². The minimum atomic E-state index is -4.70. The molecule has 1 aliphatic carbocycles. The van der Waals surface area contributed by atoms with Gasteiger partial charge in [0, 0.05) is 6.04 Å². The van der Waals surface area contributed by atoms with E-state index in [0.717, 1.165) is 62.9 Å². The number of piperidine rings is 1. The Hall–Kier alpha value is -3.05. The van der Waals surface area contributed by atoms with Gasteiger partial charge >= 0.3 is 12.1 Å². The Balaban J connectivity index is 1.18. The summed E-state index contributed by atoms with van der Waals surface area (Å²) in [5, 5.41) is 11.9. The first-order valence-corrected chi connectivity index (χ1v) is 14.4. The number of halogens is 5. The standard InChI is InChI=1S/C31H35F5N2O4/c1-18(21-13-24(31(34,35)36)16-25(32)14-21)37-29(41)30(23-3-4-23)9-6-26(17-42-30)38-10-7-19(8-11-38)20-2-5-27(33)22(12-20)15-28(39)40/h2,5,12-14,16,18-19,23,26H,3-4,6-11,15,17H2,1H3,(H,37,41)(H,39,40)/t18-,26-,30+/m1/s1. The van der Waals surface area contributed by atoms with Crippen molar-refractivity contribution in [2.45, 2.75) is 81.6 Å². The number of likely N-dealkylation sites (tertiary alicyclic amines) is 1. The second kappa shape index (κ2) is 11.9. The number of nitrogens with zero attached hydrogens (tertiary/aromatic N) is 1. The third-order valence-corrected chi connectivity index (χ3v) is 9.03. The Kier molecular flexibility index (Phi) is 8.63. The maximum absolute atomic E-state index is 14.0. The number of carboxylic acid groups (broad SMARTS) is 1. The first-order valence-electron chi connectivity index (χ1n) is 14.4. The molecule has 6 nitrogen and oxygen atoms in total. The monoisotopic (exact) mass is 594 g/mol. The minimum Gasteiger partial charge on any atom is -0.481 e. The van der Waals surface area contributed by atoms with Crippen molar-refractivity contribution < 1.29 is 41.4 Å². The highest BCUT2D eigenvalue weighted by Crippen LogP contribution is 2.48. The molecule has 11 heteroatoms. The first-order chi connectivity index (χ1) is 19.9. The fourth-order valence-corrected chi connectivity index (χ4v) is 6.48. The molecular formula is C31H35F5N2O4. The van der Waals surface area contributed by atoms with Crippen LogP contribution in [0.15, 0.2) is 36.4 Å². The lowest BCUT2D eigenvalue weighted by molar-refractivity contribution is -0.166. The van der Waals surface area contributed by atoms with Crippen LogP contribution in [-0.2, 0) is 26.9 Å². The van der Waals surface area contributed by atoms with Crippen LogP contribution >= 0.6 is 0 Å². The number of alkyl halides is 3. The van der Waals surface area contributed by atoms with Gasteiger partial charge in [-0.15, -0.1) is 0 Å². The van der Waals surface area contributed by atoms with Gasteiger partial charge in [-0.1, -0.05) is 12.1 Å². The van der Waals surface area contributed by atoms with Gasteiger partial charge in [-0.3, -0.25) is 14.5 Å². The second-order valence-electron chi connectivity index (χ2n) is 11.9. The fourth-order valence-electron chi connectivity index (χ4n) is 6.48. The van der Waals surface area contributed by atoms with Crippen molar-refractivity contribution in [3.8, 4) is 0 Å². The molecule has 228 valence electrons. The van der Waals surface area contributed by atoms with Crippen molar-refractivity contribution in [3.63, 3.8) is 0 Å². The van der Waals surface area contributed by atoms with Gasteiger partial charge in [0.1, 0.15) is 17.2 Å². The average molecular weight is 595 g/mol. The number of hydrogen-bond donors (Lipinski definition) is 2. The lowest BCUT2D eigenvalue weighted by Gasteiger charge is -2.45. The molecule has 2 aromatic carbocycles. The maximum atomic E-state index is 14.0. The minimum absolute atomic E-state index is 0.0353. The predicted octanol–water partition coefficient (Wildman–Crippen LogP) is 6.00. The summed E-state index contributed by atoms with van der Waals surface area (Å²) in [5.74, 6) is -2.75. The van der Waals surface area contributed by atoms with E-state index in [4.69, 9.17) is 9.84 Å². The Morgan fingerprint density at radius 3 is 2.38 bits per heavy atom. The van der Waals surface area contributed by atoms with Crippen LogP contribution in [0, 0.1) is 17.6 Å². The highest BCUT2D eigenvalue weighted by Gasteiger charge is 2.54. The van der Waals surface area contributed by atoms with Gasteiger partial charge in [0.05, 0.1) is 24.6 Å². The van der Waals surface area contributed by atoms with Gasteiger partial charge < -0.3 is 15.2 Å². The number of hydrogen-bond acceptors (Lipinski definition) is 4. The maximum Gasteiger partial charge on any atom is 0.416 e. The van der Waals surface area contributed by atoms with Crippen molar-refractivity contribution in [3.05, 3.63) is 70.3 Å². The Morgan fingerprint density at radius 1 is 1.07 bits per heavy atom. The summed E-state index contributed by atoms with van der Waals surface area (Å²) >= 11 is 0. The normalized spacial score (nSPS) is 24.8. The lowest BCUT2D eigenvalue weighted by atomic mass is 9.84. The van der Waals surface area contributed by atoms with E-state index in [1.165, 1.54) is 13.0 Å². The molecule has 5 rings (SSSR count). The number of ether oxygens (including phenoxy) is 1. The summed E-state index contributed by atoms with van der Waals surface area (Å²) in [7, 11) is 0.